The zero-order chi connectivity index (χ0) is 41.6. The summed E-state index contributed by atoms with van der Waals surface area (Å²) in [6.45, 7) is 17.2. The van der Waals surface area contributed by atoms with Gasteiger partial charge < -0.3 is 20.1 Å². The molecule has 0 spiro atoms. The Morgan fingerprint density at radius 1 is 0.719 bits per heavy atom. The highest BCUT2D eigenvalue weighted by molar-refractivity contribution is 7.95. The molecule has 1 aliphatic heterocycles. The van der Waals surface area contributed by atoms with Crippen LogP contribution in [-0.2, 0) is 9.53 Å². The SMILES string of the molecule is CC[C@H]1OC(=O)[C@H](C)C[C@H](C)[C@@H](C)[C@](C)(O)C[C@@H](C)CN(CCCCCCCCCC[P+](c2ccccc2)(c2ccccc2)c2ccccc2)[C@H](C)[C@@H](O)[C@]1(C)O. The van der Waals surface area contributed by atoms with E-state index >= 15 is 0 Å². The molecule has 1 saturated heterocycles. The van der Waals surface area contributed by atoms with Crippen LogP contribution in [0, 0.1) is 23.7 Å². The first-order valence-electron chi connectivity index (χ1n) is 22.3. The van der Waals surface area contributed by atoms with Crippen LogP contribution < -0.4 is 15.9 Å². The van der Waals surface area contributed by atoms with Crippen LogP contribution in [0.25, 0.3) is 0 Å². The first kappa shape index (κ1) is 47.1. The maximum Gasteiger partial charge on any atom is 0.309 e. The lowest BCUT2D eigenvalue weighted by atomic mass is 9.74. The fraction of sp³-hybridized carbons (Fsp3) is 0.620. The van der Waals surface area contributed by atoms with E-state index in [4.69, 9.17) is 4.74 Å². The molecule has 7 heteroatoms. The number of carbonyl (C=O) groups is 1. The van der Waals surface area contributed by atoms with E-state index in [0.717, 1.165) is 19.4 Å². The Bertz CT molecular complexity index is 1490. The van der Waals surface area contributed by atoms with E-state index in [-0.39, 0.29) is 35.7 Å². The molecule has 0 bridgehead atoms. The molecule has 3 aromatic carbocycles. The molecule has 57 heavy (non-hydrogen) atoms. The van der Waals surface area contributed by atoms with Gasteiger partial charge in [0, 0.05) is 12.6 Å². The van der Waals surface area contributed by atoms with Crippen LogP contribution in [0.3, 0.4) is 0 Å². The molecule has 9 atom stereocenters. The first-order valence-corrected chi connectivity index (χ1v) is 24.2. The third-order valence-electron chi connectivity index (χ3n) is 13.5. The van der Waals surface area contributed by atoms with Gasteiger partial charge in [-0.25, -0.2) is 0 Å². The van der Waals surface area contributed by atoms with E-state index < -0.39 is 30.7 Å². The number of rotatable bonds is 15. The number of cyclic esters (lactones) is 1. The molecule has 1 fully saturated rings. The van der Waals surface area contributed by atoms with Gasteiger partial charge in [0.05, 0.1) is 17.7 Å². The monoisotopic (exact) mass is 803 g/mol. The summed E-state index contributed by atoms with van der Waals surface area (Å²) in [5.41, 5.74) is -2.51. The van der Waals surface area contributed by atoms with Crippen molar-refractivity contribution in [2.24, 2.45) is 23.7 Å². The molecule has 316 valence electrons. The van der Waals surface area contributed by atoms with E-state index in [1.165, 1.54) is 60.6 Å². The van der Waals surface area contributed by atoms with Crippen LogP contribution in [-0.4, -0.2) is 74.9 Å². The molecule has 3 aromatic rings. The molecule has 0 aromatic heterocycles. The molecule has 1 heterocycles. The molecule has 0 radical (unpaired) electrons. The largest absolute Gasteiger partial charge is 0.459 e. The maximum atomic E-state index is 13.2. The number of hydrogen-bond donors (Lipinski definition) is 3. The minimum Gasteiger partial charge on any atom is -0.459 e. The molecular formula is C50H77NO5P+. The van der Waals surface area contributed by atoms with E-state index in [0.29, 0.717) is 25.8 Å². The topological polar surface area (TPSA) is 90.2 Å². The first-order chi connectivity index (χ1) is 27.1. The second-order valence-electron chi connectivity index (χ2n) is 18.2. The van der Waals surface area contributed by atoms with Crippen LogP contribution in [0.2, 0.25) is 0 Å². The van der Waals surface area contributed by atoms with Gasteiger partial charge in [0.1, 0.15) is 41.0 Å². The number of benzene rings is 3. The van der Waals surface area contributed by atoms with E-state index in [9.17, 15) is 20.1 Å². The van der Waals surface area contributed by atoms with Gasteiger partial charge in [-0.05, 0) is 120 Å². The Morgan fingerprint density at radius 2 is 1.18 bits per heavy atom. The predicted molar refractivity (Wildman–Crippen MR) is 241 cm³/mol. The van der Waals surface area contributed by atoms with Crippen molar-refractivity contribution < 1.29 is 24.9 Å². The predicted octanol–water partition coefficient (Wildman–Crippen LogP) is 9.31. The van der Waals surface area contributed by atoms with Crippen molar-refractivity contribution in [1.82, 2.24) is 4.90 Å². The lowest BCUT2D eigenvalue weighted by Crippen LogP contribution is -2.59. The standard InChI is InChI=1S/C50H77NO5P/c1-9-46-50(8,55)47(52)42(6)51(37-38(2)36-49(7,54)41(5)39(3)35-40(4)48(53)56-46)33-25-14-12-10-11-13-15-26-34-57(43-27-19-16-20-28-43,44-29-21-17-22-30-44)45-31-23-18-24-32-45/h16-24,27-32,38-42,46-47,52,54-55H,9-15,25-26,33-37H2,1-8H3/q+1/t38-,39+,40-,41-,42-,46-,47-,49-,50-/m1/s1. The maximum absolute atomic E-state index is 13.2. The highest BCUT2D eigenvalue weighted by atomic mass is 31.2. The molecule has 0 amide bonds. The second kappa shape index (κ2) is 22.1. The second-order valence-corrected chi connectivity index (χ2v) is 21.8. The third kappa shape index (κ3) is 12.5. The van der Waals surface area contributed by atoms with E-state index in [1.54, 1.807) is 6.92 Å². The minimum atomic E-state index is -1.78. The van der Waals surface area contributed by atoms with Crippen LogP contribution in [0.4, 0.5) is 0 Å². The van der Waals surface area contributed by atoms with Crippen LogP contribution >= 0.6 is 7.26 Å². The molecule has 0 saturated carbocycles. The van der Waals surface area contributed by atoms with Gasteiger partial charge in [0.25, 0.3) is 0 Å². The Morgan fingerprint density at radius 3 is 1.65 bits per heavy atom. The van der Waals surface area contributed by atoms with Gasteiger partial charge in [0.15, 0.2) is 0 Å². The number of aliphatic hydroxyl groups is 3. The smallest absolute Gasteiger partial charge is 0.309 e. The number of hydrogen-bond acceptors (Lipinski definition) is 6. The average molecular weight is 803 g/mol. The van der Waals surface area contributed by atoms with Gasteiger partial charge in [-0.3, -0.25) is 9.69 Å². The summed E-state index contributed by atoms with van der Waals surface area (Å²) in [5, 5.41) is 39.6. The molecule has 1 aliphatic rings. The number of carbonyl (C=O) groups excluding carboxylic acids is 1. The lowest BCUT2D eigenvalue weighted by Gasteiger charge is -2.43. The number of ether oxygens (including phenoxy) is 1. The van der Waals surface area contributed by atoms with Crippen LogP contribution in [0.15, 0.2) is 91.0 Å². The van der Waals surface area contributed by atoms with Gasteiger partial charge in [-0.2, -0.15) is 0 Å². The molecule has 4 rings (SSSR count). The minimum absolute atomic E-state index is 0.0114. The fourth-order valence-corrected chi connectivity index (χ4v) is 14.1. The average Bonchev–Trinajstić information content (AvgIpc) is 3.20. The Hall–Kier alpha value is -2.60. The number of nitrogens with zero attached hydrogens (tertiary/aromatic N) is 1. The zero-order valence-electron chi connectivity index (χ0n) is 36.7. The van der Waals surface area contributed by atoms with Gasteiger partial charge in [-0.15, -0.1) is 0 Å². The number of unbranched alkanes of at least 4 members (excludes halogenated alkanes) is 7. The van der Waals surface area contributed by atoms with Crippen molar-refractivity contribution in [2.45, 2.75) is 155 Å². The Labute approximate surface area is 347 Å². The third-order valence-corrected chi connectivity index (χ3v) is 18.0. The normalized spacial score (nSPS) is 29.9. The fourth-order valence-electron chi connectivity index (χ4n) is 9.65. The summed E-state index contributed by atoms with van der Waals surface area (Å²) in [6, 6.07) is 33.2. The van der Waals surface area contributed by atoms with E-state index in [2.05, 4.69) is 117 Å². The summed E-state index contributed by atoms with van der Waals surface area (Å²) >= 11 is 0. The zero-order valence-corrected chi connectivity index (χ0v) is 37.5. The summed E-state index contributed by atoms with van der Waals surface area (Å²) in [7, 11) is -1.78. The van der Waals surface area contributed by atoms with Crippen molar-refractivity contribution in [3.63, 3.8) is 0 Å². The molecule has 0 aliphatic carbocycles. The summed E-state index contributed by atoms with van der Waals surface area (Å²) in [6.07, 6.45) is 10.2. The number of aliphatic hydroxyl groups excluding tert-OH is 1. The van der Waals surface area contributed by atoms with Crippen LogP contribution in [0.1, 0.15) is 126 Å². The van der Waals surface area contributed by atoms with Gasteiger partial charge >= 0.3 is 5.97 Å². The molecule has 0 unspecified atom stereocenters. The van der Waals surface area contributed by atoms with Crippen molar-refractivity contribution in [2.75, 3.05) is 19.3 Å². The van der Waals surface area contributed by atoms with Crippen LogP contribution in [0.5, 0.6) is 0 Å². The lowest BCUT2D eigenvalue weighted by molar-refractivity contribution is -0.190. The van der Waals surface area contributed by atoms with E-state index in [1.807, 2.05) is 27.7 Å². The van der Waals surface area contributed by atoms with Crippen molar-refractivity contribution in [3.8, 4) is 0 Å². The van der Waals surface area contributed by atoms with Crippen molar-refractivity contribution >= 4 is 29.1 Å². The molecular weight excluding hydrogens is 726 g/mol. The molecule has 3 N–H and O–H groups in total. The van der Waals surface area contributed by atoms with Crippen molar-refractivity contribution in [1.29, 1.82) is 0 Å². The Balaban J connectivity index is 1.34. The van der Waals surface area contributed by atoms with Gasteiger partial charge in [0.2, 0.25) is 0 Å². The quantitative estimate of drug-likeness (QED) is 0.0807. The summed E-state index contributed by atoms with van der Waals surface area (Å²) < 4.78 is 5.92. The Kier molecular flexibility index (Phi) is 18.3. The molecule has 6 nitrogen and oxygen atoms in total. The van der Waals surface area contributed by atoms with Crippen molar-refractivity contribution in [3.05, 3.63) is 91.0 Å². The summed E-state index contributed by atoms with van der Waals surface area (Å²) in [5.74, 6) is -0.474. The summed E-state index contributed by atoms with van der Waals surface area (Å²) in [4.78, 5) is 15.5. The van der Waals surface area contributed by atoms with Gasteiger partial charge in [-0.1, -0.05) is 121 Å². The highest BCUT2D eigenvalue weighted by Crippen LogP contribution is 2.56. The highest BCUT2D eigenvalue weighted by Gasteiger charge is 2.46. The number of esters is 1.